The van der Waals surface area contributed by atoms with Crippen LogP contribution in [0.2, 0.25) is 0 Å². The molecule has 122 valence electrons. The minimum atomic E-state index is -0.114. The van der Waals surface area contributed by atoms with E-state index in [1.807, 2.05) is 11.8 Å². The molecule has 0 aliphatic carbocycles. The predicted molar refractivity (Wildman–Crippen MR) is 88.1 cm³/mol. The molecule has 0 spiro atoms. The first-order chi connectivity index (χ1) is 10.3. The van der Waals surface area contributed by atoms with E-state index < -0.39 is 0 Å². The number of hydrogen-bond donors (Lipinski definition) is 0. The number of rotatable bonds is 4. The number of carbonyl (C=O) groups excluding carboxylic acids is 1. The molecule has 0 radical (unpaired) electrons. The minimum absolute atomic E-state index is 0.0321. The van der Waals surface area contributed by atoms with E-state index in [-0.39, 0.29) is 11.5 Å². The first kappa shape index (κ1) is 16.7. The molecule has 1 aliphatic heterocycles. The Morgan fingerprint density at radius 3 is 2.50 bits per heavy atom. The maximum absolute atomic E-state index is 12.7. The first-order valence-electron chi connectivity index (χ1n) is 8.01. The van der Waals surface area contributed by atoms with E-state index >= 15 is 0 Å². The van der Waals surface area contributed by atoms with Gasteiger partial charge in [-0.25, -0.2) is 0 Å². The van der Waals surface area contributed by atoms with Crippen molar-refractivity contribution in [1.29, 1.82) is 0 Å². The first-order valence-corrected chi connectivity index (χ1v) is 8.01. The summed E-state index contributed by atoms with van der Waals surface area (Å²) in [6, 6.07) is 3.58. The summed E-state index contributed by atoms with van der Waals surface area (Å²) in [6.07, 6.45) is 1.70. The van der Waals surface area contributed by atoms with Crippen LogP contribution in [0, 0.1) is 11.8 Å². The molecule has 0 saturated carbocycles. The van der Waals surface area contributed by atoms with Gasteiger partial charge in [0.15, 0.2) is 0 Å². The number of likely N-dealkylation sites (tertiary alicyclic amines) is 1. The lowest BCUT2D eigenvalue weighted by atomic mass is 9.91. The van der Waals surface area contributed by atoms with Gasteiger partial charge in [-0.1, -0.05) is 13.8 Å². The average molecular weight is 305 g/mol. The second-order valence-corrected chi connectivity index (χ2v) is 6.69. The van der Waals surface area contributed by atoms with Gasteiger partial charge in [-0.2, -0.15) is 0 Å². The molecule has 2 unspecified atom stereocenters. The third-order valence-corrected chi connectivity index (χ3v) is 4.72. The zero-order valence-electron chi connectivity index (χ0n) is 14.2. The van der Waals surface area contributed by atoms with Gasteiger partial charge in [0, 0.05) is 43.5 Å². The molecule has 0 N–H and O–H groups in total. The van der Waals surface area contributed by atoms with Crippen molar-refractivity contribution >= 4 is 5.91 Å². The summed E-state index contributed by atoms with van der Waals surface area (Å²) in [6.45, 7) is 8.43. The maximum atomic E-state index is 12.7. The van der Waals surface area contributed by atoms with Crippen LogP contribution in [0.3, 0.4) is 0 Å². The summed E-state index contributed by atoms with van der Waals surface area (Å²) in [5.41, 5.74) is 0.383. The Morgan fingerprint density at radius 1 is 1.36 bits per heavy atom. The van der Waals surface area contributed by atoms with Gasteiger partial charge in [0.25, 0.3) is 11.5 Å². The molecule has 1 aromatic rings. The molecule has 0 bridgehead atoms. The van der Waals surface area contributed by atoms with Crippen LogP contribution in [0.5, 0.6) is 0 Å². The highest BCUT2D eigenvalue weighted by molar-refractivity contribution is 5.94. The molecule has 2 rings (SSSR count). The highest BCUT2D eigenvalue weighted by Gasteiger charge is 2.38. The summed E-state index contributed by atoms with van der Waals surface area (Å²) in [4.78, 5) is 28.7. The van der Waals surface area contributed by atoms with E-state index in [0.717, 1.165) is 13.1 Å². The molecule has 5 nitrogen and oxygen atoms in total. The van der Waals surface area contributed by atoms with Crippen molar-refractivity contribution < 1.29 is 4.79 Å². The highest BCUT2D eigenvalue weighted by Crippen LogP contribution is 2.28. The van der Waals surface area contributed by atoms with Crippen molar-refractivity contribution in [2.45, 2.75) is 33.4 Å². The number of carbonyl (C=O) groups is 1. The monoisotopic (exact) mass is 305 g/mol. The van der Waals surface area contributed by atoms with Gasteiger partial charge in [-0.3, -0.25) is 9.59 Å². The lowest BCUT2D eigenvalue weighted by Gasteiger charge is -2.27. The van der Waals surface area contributed by atoms with Crippen LogP contribution in [0.1, 0.15) is 31.1 Å². The lowest BCUT2D eigenvalue weighted by molar-refractivity contribution is 0.0779. The molecule has 5 heteroatoms. The average Bonchev–Trinajstić information content (AvgIpc) is 2.92. The molecule has 2 atom stereocenters. The van der Waals surface area contributed by atoms with E-state index in [9.17, 15) is 9.59 Å². The summed E-state index contributed by atoms with van der Waals surface area (Å²) in [5, 5.41) is 0. The standard InChI is InChI=1S/C17H27N3O2/c1-6-19-8-7-13(9-16(19)21)17(22)20-10-14(12(2)3)15(11-20)18(4)5/h7-9,12,14-15H,6,10-11H2,1-5H3. The fourth-order valence-corrected chi connectivity index (χ4v) is 3.26. The quantitative estimate of drug-likeness (QED) is 0.847. The SMILES string of the molecule is CCn1ccc(C(=O)N2CC(C(C)C)C(N(C)C)C2)cc1=O. The van der Waals surface area contributed by atoms with Gasteiger partial charge >= 0.3 is 0 Å². The van der Waals surface area contributed by atoms with Crippen molar-refractivity contribution in [2.75, 3.05) is 27.2 Å². The molecule has 1 saturated heterocycles. The Labute approximate surface area is 132 Å². The van der Waals surface area contributed by atoms with Crippen LogP contribution < -0.4 is 5.56 Å². The third-order valence-electron chi connectivity index (χ3n) is 4.72. The zero-order chi connectivity index (χ0) is 16.4. The number of aromatic nitrogens is 1. The molecule has 1 fully saturated rings. The largest absolute Gasteiger partial charge is 0.337 e. The Bertz CT molecular complexity index is 576. The number of aryl methyl sites for hydroxylation is 1. The van der Waals surface area contributed by atoms with E-state index in [1.165, 1.54) is 6.07 Å². The number of amides is 1. The Hall–Kier alpha value is -1.62. The van der Waals surface area contributed by atoms with Crippen molar-refractivity contribution in [1.82, 2.24) is 14.4 Å². The van der Waals surface area contributed by atoms with Crippen molar-refractivity contribution in [3.05, 3.63) is 34.2 Å². The van der Waals surface area contributed by atoms with Gasteiger partial charge in [0.2, 0.25) is 0 Å². The predicted octanol–water partition coefficient (Wildman–Crippen LogP) is 1.53. The van der Waals surface area contributed by atoms with E-state index in [4.69, 9.17) is 0 Å². The van der Waals surface area contributed by atoms with Gasteiger partial charge in [0.1, 0.15) is 0 Å². The van der Waals surface area contributed by atoms with Gasteiger partial charge < -0.3 is 14.4 Å². The second-order valence-electron chi connectivity index (χ2n) is 6.69. The topological polar surface area (TPSA) is 45.6 Å². The van der Waals surface area contributed by atoms with Gasteiger partial charge in [-0.05, 0) is 38.9 Å². The Balaban J connectivity index is 2.20. The van der Waals surface area contributed by atoms with Gasteiger partial charge in [-0.15, -0.1) is 0 Å². The number of nitrogens with zero attached hydrogens (tertiary/aromatic N) is 3. The molecule has 2 heterocycles. The number of likely N-dealkylation sites (N-methyl/N-ethyl adjacent to an activating group) is 1. The Morgan fingerprint density at radius 2 is 2.05 bits per heavy atom. The van der Waals surface area contributed by atoms with Crippen LogP contribution in [0.15, 0.2) is 23.1 Å². The van der Waals surface area contributed by atoms with Crippen molar-refractivity contribution in [3.8, 4) is 0 Å². The molecule has 1 aromatic heterocycles. The summed E-state index contributed by atoms with van der Waals surface area (Å²) >= 11 is 0. The molecule has 1 amide bonds. The smallest absolute Gasteiger partial charge is 0.254 e. The normalized spacial score (nSPS) is 21.9. The summed E-state index contributed by atoms with van der Waals surface area (Å²) < 4.78 is 1.60. The highest BCUT2D eigenvalue weighted by atomic mass is 16.2. The molecular weight excluding hydrogens is 278 g/mol. The molecular formula is C17H27N3O2. The molecule has 22 heavy (non-hydrogen) atoms. The summed E-state index contributed by atoms with van der Waals surface area (Å²) in [5.74, 6) is 0.962. The van der Waals surface area contributed by atoms with Gasteiger partial charge in [0.05, 0.1) is 0 Å². The van der Waals surface area contributed by atoms with E-state index in [1.54, 1.807) is 16.8 Å². The van der Waals surface area contributed by atoms with Crippen LogP contribution in [0.25, 0.3) is 0 Å². The summed E-state index contributed by atoms with van der Waals surface area (Å²) in [7, 11) is 4.13. The molecule has 1 aliphatic rings. The zero-order valence-corrected chi connectivity index (χ0v) is 14.2. The van der Waals surface area contributed by atoms with Crippen LogP contribution in [0.4, 0.5) is 0 Å². The van der Waals surface area contributed by atoms with E-state index in [2.05, 4.69) is 32.8 Å². The fourth-order valence-electron chi connectivity index (χ4n) is 3.26. The second kappa shape index (κ2) is 6.65. The van der Waals surface area contributed by atoms with Crippen molar-refractivity contribution in [2.24, 2.45) is 11.8 Å². The lowest BCUT2D eigenvalue weighted by Crippen LogP contribution is -2.37. The van der Waals surface area contributed by atoms with E-state index in [0.29, 0.717) is 30.0 Å². The third kappa shape index (κ3) is 3.24. The fraction of sp³-hybridized carbons (Fsp3) is 0.647. The maximum Gasteiger partial charge on any atom is 0.254 e. The molecule has 0 aromatic carbocycles. The number of pyridine rings is 1. The van der Waals surface area contributed by atoms with Crippen LogP contribution >= 0.6 is 0 Å². The Kier molecular flexibility index (Phi) is 5.06. The number of hydrogen-bond acceptors (Lipinski definition) is 3. The minimum Gasteiger partial charge on any atom is -0.337 e. The van der Waals surface area contributed by atoms with Crippen LogP contribution in [-0.4, -0.2) is 53.5 Å². The van der Waals surface area contributed by atoms with Crippen LogP contribution in [-0.2, 0) is 6.54 Å². The van der Waals surface area contributed by atoms with Crippen molar-refractivity contribution in [3.63, 3.8) is 0 Å².